The summed E-state index contributed by atoms with van der Waals surface area (Å²) in [5.41, 5.74) is 1.06. The summed E-state index contributed by atoms with van der Waals surface area (Å²) in [6, 6.07) is 7.57. The minimum atomic E-state index is 0.00964. The number of nitrogens with zero attached hydrogens (tertiary/aromatic N) is 2. The lowest BCUT2D eigenvalue weighted by molar-refractivity contribution is -0.122. The van der Waals surface area contributed by atoms with Crippen LogP contribution in [0.2, 0.25) is 5.02 Å². The van der Waals surface area contributed by atoms with Gasteiger partial charge in [0.1, 0.15) is 0 Å². The summed E-state index contributed by atoms with van der Waals surface area (Å²) >= 11 is 5.89. The largest absolute Gasteiger partial charge is 0.349 e. The number of carbonyl (C=O) groups excluding carboxylic acids is 1. The first kappa shape index (κ1) is 16.5. The highest BCUT2D eigenvalue weighted by Crippen LogP contribution is 2.19. The predicted octanol–water partition coefficient (Wildman–Crippen LogP) is 3.62. The van der Waals surface area contributed by atoms with Gasteiger partial charge in [0.05, 0.1) is 6.04 Å². The summed E-state index contributed by atoms with van der Waals surface area (Å²) in [4.78, 5) is 16.2. The molecule has 0 aliphatic rings. The Kier molecular flexibility index (Phi) is 5.95. The normalized spacial score (nSPS) is 12.1. The van der Waals surface area contributed by atoms with Crippen LogP contribution in [0.25, 0.3) is 0 Å². The molecule has 0 fully saturated rings. The summed E-state index contributed by atoms with van der Waals surface area (Å²) in [7, 11) is 0. The Morgan fingerprint density at radius 3 is 2.68 bits per heavy atom. The number of halogens is 1. The maximum Gasteiger partial charge on any atom is 0.226 e. The third-order valence-electron chi connectivity index (χ3n) is 3.38. The number of aromatic nitrogens is 2. The van der Waals surface area contributed by atoms with E-state index in [0.29, 0.717) is 36.0 Å². The van der Waals surface area contributed by atoms with Crippen molar-refractivity contribution in [1.29, 1.82) is 0 Å². The molecule has 0 spiro atoms. The van der Waals surface area contributed by atoms with E-state index in [9.17, 15) is 4.79 Å². The van der Waals surface area contributed by atoms with Gasteiger partial charge in [0.2, 0.25) is 11.8 Å². The van der Waals surface area contributed by atoms with Gasteiger partial charge in [-0.05, 0) is 37.5 Å². The van der Waals surface area contributed by atoms with Crippen molar-refractivity contribution < 1.29 is 9.32 Å². The SMILES string of the molecule is CCC(NC(=O)CCCc1nc(C)no1)c1ccc(Cl)cc1. The van der Waals surface area contributed by atoms with Crippen molar-refractivity contribution >= 4 is 17.5 Å². The predicted molar refractivity (Wildman–Crippen MR) is 84.6 cm³/mol. The molecule has 0 saturated carbocycles. The van der Waals surface area contributed by atoms with Crippen molar-refractivity contribution in [3.8, 4) is 0 Å². The molecule has 1 heterocycles. The average molecular weight is 322 g/mol. The van der Waals surface area contributed by atoms with Crippen LogP contribution in [0.4, 0.5) is 0 Å². The summed E-state index contributed by atoms with van der Waals surface area (Å²) in [6.07, 6.45) is 2.57. The Labute approximate surface area is 135 Å². The molecule has 5 nitrogen and oxygen atoms in total. The standard InChI is InChI=1S/C16H20ClN3O2/c1-3-14(12-7-9-13(17)10-8-12)19-15(21)5-4-6-16-18-11(2)20-22-16/h7-10,14H,3-6H2,1-2H3,(H,19,21). The molecule has 1 aromatic carbocycles. The average Bonchev–Trinajstić information content (AvgIpc) is 2.91. The molecule has 0 aliphatic heterocycles. The monoisotopic (exact) mass is 321 g/mol. The number of benzene rings is 1. The first-order chi connectivity index (χ1) is 10.6. The fraction of sp³-hybridized carbons (Fsp3) is 0.438. The summed E-state index contributed by atoms with van der Waals surface area (Å²) in [6.45, 7) is 3.82. The van der Waals surface area contributed by atoms with Crippen molar-refractivity contribution in [2.24, 2.45) is 0 Å². The highest BCUT2D eigenvalue weighted by Gasteiger charge is 2.13. The summed E-state index contributed by atoms with van der Waals surface area (Å²) in [5.74, 6) is 1.22. The van der Waals surface area contributed by atoms with Crippen LogP contribution in [0.15, 0.2) is 28.8 Å². The molecule has 0 saturated heterocycles. The van der Waals surface area contributed by atoms with Gasteiger partial charge in [-0.25, -0.2) is 0 Å². The van der Waals surface area contributed by atoms with Crippen LogP contribution >= 0.6 is 11.6 Å². The molecule has 2 rings (SSSR count). The zero-order chi connectivity index (χ0) is 15.9. The minimum absolute atomic E-state index is 0.00964. The van der Waals surface area contributed by atoms with Crippen molar-refractivity contribution in [2.75, 3.05) is 0 Å². The van der Waals surface area contributed by atoms with Gasteiger partial charge in [-0.1, -0.05) is 35.8 Å². The Bertz CT molecular complexity index is 610. The Morgan fingerprint density at radius 2 is 2.09 bits per heavy atom. The summed E-state index contributed by atoms with van der Waals surface area (Å²) in [5, 5.41) is 7.46. The first-order valence-electron chi connectivity index (χ1n) is 7.42. The van der Waals surface area contributed by atoms with E-state index in [0.717, 1.165) is 12.0 Å². The number of carbonyl (C=O) groups is 1. The van der Waals surface area contributed by atoms with E-state index in [2.05, 4.69) is 15.5 Å². The third kappa shape index (κ3) is 4.84. The van der Waals surface area contributed by atoms with Crippen LogP contribution in [0, 0.1) is 6.92 Å². The van der Waals surface area contributed by atoms with Crippen LogP contribution in [0.5, 0.6) is 0 Å². The highest BCUT2D eigenvalue weighted by molar-refractivity contribution is 6.30. The molecule has 118 valence electrons. The van der Waals surface area contributed by atoms with Gasteiger partial charge in [0.25, 0.3) is 0 Å². The zero-order valence-electron chi connectivity index (χ0n) is 12.8. The second kappa shape index (κ2) is 7.94. The van der Waals surface area contributed by atoms with E-state index in [1.807, 2.05) is 31.2 Å². The second-order valence-electron chi connectivity index (χ2n) is 5.17. The topological polar surface area (TPSA) is 68.0 Å². The fourth-order valence-corrected chi connectivity index (χ4v) is 2.35. The minimum Gasteiger partial charge on any atom is -0.349 e. The maximum absolute atomic E-state index is 12.0. The van der Waals surface area contributed by atoms with Crippen molar-refractivity contribution in [1.82, 2.24) is 15.5 Å². The van der Waals surface area contributed by atoms with Crippen molar-refractivity contribution in [3.63, 3.8) is 0 Å². The van der Waals surface area contributed by atoms with E-state index in [1.54, 1.807) is 6.92 Å². The zero-order valence-corrected chi connectivity index (χ0v) is 13.6. The fourth-order valence-electron chi connectivity index (χ4n) is 2.22. The molecule has 1 N–H and O–H groups in total. The number of hydrogen-bond acceptors (Lipinski definition) is 4. The van der Waals surface area contributed by atoms with Crippen LogP contribution in [0.3, 0.4) is 0 Å². The van der Waals surface area contributed by atoms with Gasteiger partial charge in [-0.15, -0.1) is 0 Å². The molecule has 0 aliphatic carbocycles. The second-order valence-corrected chi connectivity index (χ2v) is 5.61. The molecule has 1 atom stereocenters. The van der Waals surface area contributed by atoms with Crippen molar-refractivity contribution in [3.05, 3.63) is 46.6 Å². The van der Waals surface area contributed by atoms with Crippen LogP contribution in [-0.2, 0) is 11.2 Å². The smallest absolute Gasteiger partial charge is 0.226 e. The third-order valence-corrected chi connectivity index (χ3v) is 3.63. The molecule has 6 heteroatoms. The molecule has 1 unspecified atom stereocenters. The number of aryl methyl sites for hydroxylation is 2. The van der Waals surface area contributed by atoms with E-state index < -0.39 is 0 Å². The molecular formula is C16H20ClN3O2. The molecule has 0 bridgehead atoms. The first-order valence-corrected chi connectivity index (χ1v) is 7.80. The van der Waals surface area contributed by atoms with Crippen molar-refractivity contribution in [2.45, 2.75) is 45.6 Å². The molecule has 1 amide bonds. The van der Waals surface area contributed by atoms with Crippen LogP contribution in [-0.4, -0.2) is 16.0 Å². The quantitative estimate of drug-likeness (QED) is 0.845. The van der Waals surface area contributed by atoms with Crippen LogP contribution in [0.1, 0.15) is 49.5 Å². The van der Waals surface area contributed by atoms with Gasteiger partial charge in [-0.2, -0.15) is 4.98 Å². The van der Waals surface area contributed by atoms with Gasteiger partial charge in [0, 0.05) is 17.9 Å². The molecule has 0 radical (unpaired) electrons. The van der Waals surface area contributed by atoms with Gasteiger partial charge in [0.15, 0.2) is 5.82 Å². The number of amides is 1. The number of hydrogen-bond donors (Lipinski definition) is 1. The van der Waals surface area contributed by atoms with Gasteiger partial charge < -0.3 is 9.84 Å². The molecule has 22 heavy (non-hydrogen) atoms. The molecule has 1 aromatic heterocycles. The Balaban J connectivity index is 1.80. The van der Waals surface area contributed by atoms with E-state index in [1.165, 1.54) is 0 Å². The Hall–Kier alpha value is -1.88. The van der Waals surface area contributed by atoms with E-state index in [-0.39, 0.29) is 11.9 Å². The van der Waals surface area contributed by atoms with Gasteiger partial charge >= 0.3 is 0 Å². The molecule has 2 aromatic rings. The lowest BCUT2D eigenvalue weighted by Gasteiger charge is -2.17. The van der Waals surface area contributed by atoms with Crippen LogP contribution < -0.4 is 5.32 Å². The lowest BCUT2D eigenvalue weighted by atomic mass is 10.0. The number of nitrogens with one attached hydrogen (secondary N) is 1. The number of rotatable bonds is 7. The summed E-state index contributed by atoms with van der Waals surface area (Å²) < 4.78 is 5.02. The van der Waals surface area contributed by atoms with E-state index >= 15 is 0 Å². The Morgan fingerprint density at radius 1 is 1.36 bits per heavy atom. The van der Waals surface area contributed by atoms with Gasteiger partial charge in [-0.3, -0.25) is 4.79 Å². The van der Waals surface area contributed by atoms with E-state index in [4.69, 9.17) is 16.1 Å². The lowest BCUT2D eigenvalue weighted by Crippen LogP contribution is -2.27. The highest BCUT2D eigenvalue weighted by atomic mass is 35.5. The maximum atomic E-state index is 12.0. The molecular weight excluding hydrogens is 302 g/mol.